The van der Waals surface area contributed by atoms with Gasteiger partial charge < -0.3 is 14.8 Å². The van der Waals surface area contributed by atoms with Gasteiger partial charge in [0.1, 0.15) is 5.60 Å². The van der Waals surface area contributed by atoms with Crippen LogP contribution in [-0.4, -0.2) is 38.4 Å². The molecule has 1 fully saturated rings. The standard InChI is InChI=1S/C10H17NO3/c1-3-4-9(12)11-7-10(13-2)5-6-14-8-10/h3-4H,5-8H2,1-2H3,(H,11,12)/b4-3+. The number of rotatable bonds is 4. The van der Waals surface area contributed by atoms with Gasteiger partial charge in [-0.05, 0) is 13.0 Å². The predicted molar refractivity (Wildman–Crippen MR) is 53.0 cm³/mol. The molecule has 1 aliphatic rings. The van der Waals surface area contributed by atoms with Crippen LogP contribution in [0.2, 0.25) is 0 Å². The summed E-state index contributed by atoms with van der Waals surface area (Å²) >= 11 is 0. The summed E-state index contributed by atoms with van der Waals surface area (Å²) in [6.07, 6.45) is 4.04. The molecule has 0 aromatic heterocycles. The van der Waals surface area contributed by atoms with Crippen LogP contribution < -0.4 is 5.32 Å². The second-order valence-electron chi connectivity index (χ2n) is 3.41. The van der Waals surface area contributed by atoms with Crippen LogP contribution in [0.1, 0.15) is 13.3 Å². The van der Waals surface area contributed by atoms with E-state index in [4.69, 9.17) is 9.47 Å². The van der Waals surface area contributed by atoms with Gasteiger partial charge in [0.05, 0.1) is 6.61 Å². The van der Waals surface area contributed by atoms with Crippen LogP contribution in [-0.2, 0) is 14.3 Å². The Hall–Kier alpha value is -0.870. The van der Waals surface area contributed by atoms with Gasteiger partial charge in [-0.1, -0.05) is 6.08 Å². The Morgan fingerprint density at radius 1 is 1.71 bits per heavy atom. The molecule has 0 aromatic rings. The fraction of sp³-hybridized carbons (Fsp3) is 0.700. The lowest BCUT2D eigenvalue weighted by molar-refractivity contribution is -0.118. The fourth-order valence-electron chi connectivity index (χ4n) is 1.42. The van der Waals surface area contributed by atoms with Crippen LogP contribution >= 0.6 is 0 Å². The van der Waals surface area contributed by atoms with Crippen molar-refractivity contribution in [3.05, 3.63) is 12.2 Å². The van der Waals surface area contributed by atoms with E-state index < -0.39 is 0 Å². The summed E-state index contributed by atoms with van der Waals surface area (Å²) in [6, 6.07) is 0. The van der Waals surface area contributed by atoms with Gasteiger partial charge in [-0.3, -0.25) is 4.79 Å². The molecule has 0 spiro atoms. The van der Waals surface area contributed by atoms with Gasteiger partial charge >= 0.3 is 0 Å². The number of methoxy groups -OCH3 is 1. The van der Waals surface area contributed by atoms with E-state index in [0.29, 0.717) is 19.8 Å². The van der Waals surface area contributed by atoms with Gasteiger partial charge in [-0.25, -0.2) is 0 Å². The third-order valence-corrected chi connectivity index (χ3v) is 2.40. The van der Waals surface area contributed by atoms with Crippen molar-refractivity contribution in [2.45, 2.75) is 18.9 Å². The van der Waals surface area contributed by atoms with Crippen LogP contribution in [0.25, 0.3) is 0 Å². The van der Waals surface area contributed by atoms with Crippen molar-refractivity contribution in [1.29, 1.82) is 0 Å². The molecule has 14 heavy (non-hydrogen) atoms. The minimum Gasteiger partial charge on any atom is -0.378 e. The third kappa shape index (κ3) is 2.82. The minimum atomic E-state index is -0.322. The van der Waals surface area contributed by atoms with E-state index in [-0.39, 0.29) is 11.5 Å². The molecule has 0 radical (unpaired) electrons. The molecular formula is C10H17NO3. The van der Waals surface area contributed by atoms with Gasteiger partial charge in [0.2, 0.25) is 5.91 Å². The SMILES string of the molecule is C/C=C/C(=O)NCC1(OC)CCOC1. The molecule has 1 rings (SSSR count). The number of hydrogen-bond donors (Lipinski definition) is 1. The first-order valence-electron chi connectivity index (χ1n) is 4.76. The second-order valence-corrected chi connectivity index (χ2v) is 3.41. The number of allylic oxidation sites excluding steroid dienone is 1. The summed E-state index contributed by atoms with van der Waals surface area (Å²) in [6.45, 7) is 3.57. The summed E-state index contributed by atoms with van der Waals surface area (Å²) in [5, 5.41) is 2.79. The summed E-state index contributed by atoms with van der Waals surface area (Å²) in [7, 11) is 1.65. The zero-order valence-electron chi connectivity index (χ0n) is 8.71. The summed E-state index contributed by atoms with van der Waals surface area (Å²) in [5.41, 5.74) is -0.322. The Kier molecular flexibility index (Phi) is 4.10. The Morgan fingerprint density at radius 2 is 2.50 bits per heavy atom. The van der Waals surface area contributed by atoms with E-state index >= 15 is 0 Å². The number of ether oxygens (including phenoxy) is 2. The van der Waals surface area contributed by atoms with Crippen molar-refractivity contribution in [2.24, 2.45) is 0 Å². The lowest BCUT2D eigenvalue weighted by Gasteiger charge is -2.25. The Morgan fingerprint density at radius 3 is 3.00 bits per heavy atom. The number of carbonyl (C=O) groups is 1. The highest BCUT2D eigenvalue weighted by molar-refractivity contribution is 5.87. The molecule has 0 aromatic carbocycles. The summed E-state index contributed by atoms with van der Waals surface area (Å²) in [4.78, 5) is 11.2. The van der Waals surface area contributed by atoms with Gasteiger partial charge in [0.15, 0.2) is 0 Å². The Labute approximate surface area is 84.3 Å². The molecule has 80 valence electrons. The number of nitrogens with one attached hydrogen (secondary N) is 1. The van der Waals surface area contributed by atoms with Crippen LogP contribution in [0.4, 0.5) is 0 Å². The topological polar surface area (TPSA) is 47.6 Å². The number of amides is 1. The molecule has 4 nitrogen and oxygen atoms in total. The zero-order chi connectivity index (χ0) is 10.4. The first-order chi connectivity index (χ1) is 6.72. The molecule has 0 bridgehead atoms. The normalized spacial score (nSPS) is 27.0. The lowest BCUT2D eigenvalue weighted by Crippen LogP contribution is -2.44. The first-order valence-corrected chi connectivity index (χ1v) is 4.76. The van der Waals surface area contributed by atoms with Crippen molar-refractivity contribution in [3.63, 3.8) is 0 Å². The number of hydrogen-bond acceptors (Lipinski definition) is 3. The van der Waals surface area contributed by atoms with E-state index in [2.05, 4.69) is 5.32 Å². The van der Waals surface area contributed by atoms with Crippen molar-refractivity contribution < 1.29 is 14.3 Å². The average molecular weight is 199 g/mol. The van der Waals surface area contributed by atoms with Crippen LogP contribution in [0.15, 0.2) is 12.2 Å². The maximum Gasteiger partial charge on any atom is 0.243 e. The molecular weight excluding hydrogens is 182 g/mol. The molecule has 1 aliphatic heterocycles. The van der Waals surface area contributed by atoms with E-state index in [0.717, 1.165) is 6.42 Å². The van der Waals surface area contributed by atoms with E-state index in [1.54, 1.807) is 13.2 Å². The fourth-order valence-corrected chi connectivity index (χ4v) is 1.42. The van der Waals surface area contributed by atoms with Gasteiger partial charge in [-0.15, -0.1) is 0 Å². The van der Waals surface area contributed by atoms with E-state index in [1.165, 1.54) is 6.08 Å². The molecule has 1 saturated heterocycles. The third-order valence-electron chi connectivity index (χ3n) is 2.40. The van der Waals surface area contributed by atoms with Crippen molar-refractivity contribution in [2.75, 3.05) is 26.9 Å². The van der Waals surface area contributed by atoms with Crippen LogP contribution in [0.5, 0.6) is 0 Å². The Balaban J connectivity index is 2.38. The quantitative estimate of drug-likeness (QED) is 0.670. The van der Waals surface area contributed by atoms with Crippen molar-refractivity contribution in [3.8, 4) is 0 Å². The molecule has 1 amide bonds. The van der Waals surface area contributed by atoms with E-state index in [9.17, 15) is 4.79 Å². The highest BCUT2D eigenvalue weighted by Crippen LogP contribution is 2.21. The Bertz CT molecular complexity index is 219. The van der Waals surface area contributed by atoms with E-state index in [1.807, 2.05) is 6.92 Å². The second kappa shape index (κ2) is 5.12. The first kappa shape index (κ1) is 11.2. The van der Waals surface area contributed by atoms with Gasteiger partial charge in [-0.2, -0.15) is 0 Å². The minimum absolute atomic E-state index is 0.0872. The molecule has 1 N–H and O–H groups in total. The highest BCUT2D eigenvalue weighted by atomic mass is 16.5. The predicted octanol–water partition coefficient (Wildman–Crippen LogP) is 0.484. The monoisotopic (exact) mass is 199 g/mol. The highest BCUT2D eigenvalue weighted by Gasteiger charge is 2.34. The largest absolute Gasteiger partial charge is 0.378 e. The maximum absolute atomic E-state index is 11.2. The lowest BCUT2D eigenvalue weighted by atomic mass is 10.0. The summed E-state index contributed by atoms with van der Waals surface area (Å²) < 4.78 is 10.6. The molecule has 1 atom stereocenters. The van der Waals surface area contributed by atoms with Crippen molar-refractivity contribution in [1.82, 2.24) is 5.32 Å². The summed E-state index contributed by atoms with van der Waals surface area (Å²) in [5.74, 6) is -0.0872. The average Bonchev–Trinajstić information content (AvgIpc) is 2.65. The molecule has 0 aliphatic carbocycles. The maximum atomic E-state index is 11.2. The molecule has 1 unspecified atom stereocenters. The zero-order valence-corrected chi connectivity index (χ0v) is 8.71. The smallest absolute Gasteiger partial charge is 0.243 e. The van der Waals surface area contributed by atoms with Crippen LogP contribution in [0, 0.1) is 0 Å². The number of carbonyl (C=O) groups excluding carboxylic acids is 1. The van der Waals surface area contributed by atoms with Crippen molar-refractivity contribution >= 4 is 5.91 Å². The molecule has 0 saturated carbocycles. The molecule has 1 heterocycles. The van der Waals surface area contributed by atoms with Crippen LogP contribution in [0.3, 0.4) is 0 Å². The molecule has 4 heteroatoms. The van der Waals surface area contributed by atoms with Gasteiger partial charge in [0.25, 0.3) is 0 Å². The van der Waals surface area contributed by atoms with Gasteiger partial charge in [0, 0.05) is 26.7 Å².